The van der Waals surface area contributed by atoms with Gasteiger partial charge in [-0.05, 0) is 55.3 Å². The molecule has 2 aromatic carbocycles. The van der Waals surface area contributed by atoms with E-state index in [4.69, 9.17) is 4.74 Å². The van der Waals surface area contributed by atoms with Crippen molar-refractivity contribution in [3.05, 3.63) is 77.8 Å². The van der Waals surface area contributed by atoms with Gasteiger partial charge in [0.15, 0.2) is 5.13 Å². The van der Waals surface area contributed by atoms with Gasteiger partial charge in [-0.3, -0.25) is 9.69 Å². The number of carbonyl (C=O) groups is 1. The van der Waals surface area contributed by atoms with E-state index in [2.05, 4.69) is 34.1 Å². The molecule has 0 saturated carbocycles. The number of thiazole rings is 1. The first-order valence-corrected chi connectivity index (χ1v) is 14.2. The first-order valence-electron chi connectivity index (χ1n) is 11.1. The Kier molecular flexibility index (Phi) is 8.18. The van der Waals surface area contributed by atoms with Gasteiger partial charge in [0, 0.05) is 29.7 Å². The maximum absolute atomic E-state index is 13.6. The highest BCUT2D eigenvalue weighted by Crippen LogP contribution is 2.32. The number of aromatic nitrogens is 1. The molecule has 3 aromatic rings. The predicted molar refractivity (Wildman–Crippen MR) is 144 cm³/mol. The van der Waals surface area contributed by atoms with E-state index in [-0.39, 0.29) is 30.0 Å². The van der Waals surface area contributed by atoms with Crippen LogP contribution in [0.4, 0.5) is 5.13 Å². The molecule has 0 aliphatic carbocycles. The van der Waals surface area contributed by atoms with Gasteiger partial charge in [0.25, 0.3) is 5.91 Å². The zero-order valence-electron chi connectivity index (χ0n) is 19.1. The van der Waals surface area contributed by atoms with Crippen molar-refractivity contribution < 1.29 is 17.9 Å². The molecule has 1 aromatic heterocycles. The molecule has 184 valence electrons. The minimum Gasteiger partial charge on any atom is -0.376 e. The number of anilines is 1. The van der Waals surface area contributed by atoms with Crippen LogP contribution in [-0.4, -0.2) is 56.0 Å². The van der Waals surface area contributed by atoms with Gasteiger partial charge in [-0.25, -0.2) is 13.4 Å². The lowest BCUT2D eigenvalue weighted by Gasteiger charge is -2.23. The number of halogens is 1. The summed E-state index contributed by atoms with van der Waals surface area (Å²) in [5.41, 5.74) is 1.19. The van der Waals surface area contributed by atoms with E-state index in [0.717, 1.165) is 27.5 Å². The van der Waals surface area contributed by atoms with Gasteiger partial charge in [-0.1, -0.05) is 39.4 Å². The second kappa shape index (κ2) is 11.1. The van der Waals surface area contributed by atoms with Crippen LogP contribution < -0.4 is 4.90 Å². The third-order valence-corrected chi connectivity index (χ3v) is 9.01. The van der Waals surface area contributed by atoms with Gasteiger partial charge in [0.1, 0.15) is 0 Å². The Morgan fingerprint density at radius 3 is 2.51 bits per heavy atom. The minimum atomic E-state index is -3.75. The largest absolute Gasteiger partial charge is 0.376 e. The van der Waals surface area contributed by atoms with E-state index in [1.54, 1.807) is 17.0 Å². The molecule has 1 atom stereocenters. The molecule has 10 heteroatoms. The Morgan fingerprint density at radius 1 is 1.17 bits per heavy atom. The van der Waals surface area contributed by atoms with Crippen molar-refractivity contribution in [3.63, 3.8) is 0 Å². The summed E-state index contributed by atoms with van der Waals surface area (Å²) in [6.45, 7) is 8.65. The second-order valence-corrected chi connectivity index (χ2v) is 11.9. The number of rotatable bonds is 10. The van der Waals surface area contributed by atoms with Gasteiger partial charge >= 0.3 is 0 Å². The zero-order valence-corrected chi connectivity index (χ0v) is 22.3. The van der Waals surface area contributed by atoms with Gasteiger partial charge in [-0.15, -0.1) is 13.2 Å². The first kappa shape index (κ1) is 25.7. The van der Waals surface area contributed by atoms with Crippen LogP contribution in [0.5, 0.6) is 0 Å². The van der Waals surface area contributed by atoms with Crippen LogP contribution in [0, 0.1) is 0 Å². The Balaban J connectivity index is 1.64. The van der Waals surface area contributed by atoms with Crippen LogP contribution in [0.25, 0.3) is 10.2 Å². The van der Waals surface area contributed by atoms with Crippen LogP contribution in [0.2, 0.25) is 0 Å². The molecule has 0 radical (unpaired) electrons. The number of sulfonamides is 1. The number of ether oxygens (including phenoxy) is 1. The smallest absolute Gasteiger partial charge is 0.260 e. The second-order valence-electron chi connectivity index (χ2n) is 8.08. The number of benzene rings is 2. The molecule has 1 unspecified atom stereocenters. The zero-order chi connectivity index (χ0) is 25.0. The van der Waals surface area contributed by atoms with Crippen LogP contribution in [0.15, 0.2) is 77.1 Å². The summed E-state index contributed by atoms with van der Waals surface area (Å²) in [6, 6.07) is 11.8. The Bertz CT molecular complexity index is 1320. The fourth-order valence-electron chi connectivity index (χ4n) is 3.87. The number of hydrogen-bond acceptors (Lipinski definition) is 6. The fraction of sp³-hybridized carbons (Fsp3) is 0.280. The SMILES string of the molecule is C=CCN(CC=C)S(=O)(=O)c1ccc(C(=O)N(CC2CCCO2)c2nc3ccc(Br)cc3s2)cc1. The summed E-state index contributed by atoms with van der Waals surface area (Å²) < 4.78 is 35.0. The number of fused-ring (bicyclic) bond motifs is 1. The molecule has 35 heavy (non-hydrogen) atoms. The van der Waals surface area contributed by atoms with Crippen molar-refractivity contribution >= 4 is 58.5 Å². The standard InChI is InChI=1S/C25H26BrN3O4S2/c1-3-13-28(14-4-2)35(31,32)21-10-7-18(8-11-21)24(30)29(17-20-6-5-15-33-20)25-27-22-12-9-19(26)16-23(22)34-25/h3-4,7-12,16,20H,1-2,5-6,13-15,17H2. The van der Waals surface area contributed by atoms with Crippen molar-refractivity contribution in [1.29, 1.82) is 0 Å². The van der Waals surface area contributed by atoms with E-state index in [0.29, 0.717) is 23.8 Å². The van der Waals surface area contributed by atoms with Crippen molar-refractivity contribution in [2.75, 3.05) is 31.1 Å². The number of hydrogen-bond donors (Lipinski definition) is 0. The lowest BCUT2D eigenvalue weighted by molar-refractivity contribution is 0.0917. The van der Waals surface area contributed by atoms with Gasteiger partial charge in [0.05, 0.1) is 27.8 Å². The van der Waals surface area contributed by atoms with Gasteiger partial charge in [0.2, 0.25) is 10.0 Å². The average molecular weight is 577 g/mol. The van der Waals surface area contributed by atoms with E-state index in [1.165, 1.54) is 39.9 Å². The van der Waals surface area contributed by atoms with Crippen molar-refractivity contribution in [2.45, 2.75) is 23.8 Å². The Labute approximate surface area is 217 Å². The molecule has 0 spiro atoms. The average Bonchev–Trinajstić information content (AvgIpc) is 3.51. The molecule has 7 nitrogen and oxygen atoms in total. The predicted octanol–water partition coefficient (Wildman–Crippen LogP) is 5.25. The molecular weight excluding hydrogens is 550 g/mol. The van der Waals surface area contributed by atoms with Crippen molar-refractivity contribution in [3.8, 4) is 0 Å². The lowest BCUT2D eigenvalue weighted by atomic mass is 10.2. The first-order chi connectivity index (χ1) is 16.8. The number of amides is 1. The van der Waals surface area contributed by atoms with Gasteiger partial charge < -0.3 is 4.74 Å². The van der Waals surface area contributed by atoms with Crippen LogP contribution in [0.1, 0.15) is 23.2 Å². The molecule has 2 heterocycles. The van der Waals surface area contributed by atoms with Gasteiger partial charge in [-0.2, -0.15) is 4.31 Å². The monoisotopic (exact) mass is 575 g/mol. The molecule has 1 saturated heterocycles. The molecule has 1 aliphatic heterocycles. The fourth-order valence-corrected chi connectivity index (χ4v) is 6.78. The number of carbonyl (C=O) groups excluding carboxylic acids is 1. The van der Waals surface area contributed by atoms with Crippen LogP contribution >= 0.6 is 27.3 Å². The highest BCUT2D eigenvalue weighted by atomic mass is 79.9. The van der Waals surface area contributed by atoms with Crippen molar-refractivity contribution in [1.82, 2.24) is 9.29 Å². The highest BCUT2D eigenvalue weighted by molar-refractivity contribution is 9.10. The van der Waals surface area contributed by atoms with Crippen LogP contribution in [0.3, 0.4) is 0 Å². The van der Waals surface area contributed by atoms with E-state index in [9.17, 15) is 13.2 Å². The topological polar surface area (TPSA) is 79.8 Å². The highest BCUT2D eigenvalue weighted by Gasteiger charge is 2.28. The summed E-state index contributed by atoms with van der Waals surface area (Å²) in [5.74, 6) is -0.253. The Hall–Kier alpha value is -2.37. The quantitative estimate of drug-likeness (QED) is 0.308. The maximum atomic E-state index is 13.6. The molecule has 0 N–H and O–H groups in total. The third kappa shape index (κ3) is 5.73. The molecular formula is C25H26BrN3O4S2. The molecule has 1 aliphatic rings. The summed E-state index contributed by atoms with van der Waals surface area (Å²) >= 11 is 4.92. The number of nitrogens with zero attached hydrogens (tertiary/aromatic N) is 3. The van der Waals surface area contributed by atoms with Crippen molar-refractivity contribution in [2.24, 2.45) is 0 Å². The van der Waals surface area contributed by atoms with E-state index < -0.39 is 10.0 Å². The molecule has 1 amide bonds. The Morgan fingerprint density at radius 2 is 1.89 bits per heavy atom. The minimum absolute atomic E-state index is 0.0660. The summed E-state index contributed by atoms with van der Waals surface area (Å²) in [6.07, 6.45) is 4.82. The molecule has 4 rings (SSSR count). The molecule has 1 fully saturated rings. The molecule has 0 bridgehead atoms. The maximum Gasteiger partial charge on any atom is 0.260 e. The van der Waals surface area contributed by atoms with E-state index in [1.807, 2.05) is 18.2 Å². The summed E-state index contributed by atoms with van der Waals surface area (Å²) in [5, 5.41) is 0.582. The summed E-state index contributed by atoms with van der Waals surface area (Å²) in [4.78, 5) is 20.1. The normalized spacial score (nSPS) is 16.0. The summed E-state index contributed by atoms with van der Waals surface area (Å²) in [7, 11) is -3.75. The van der Waals surface area contributed by atoms with Crippen LogP contribution in [-0.2, 0) is 14.8 Å². The lowest BCUT2D eigenvalue weighted by Crippen LogP contribution is -2.37. The van der Waals surface area contributed by atoms with E-state index >= 15 is 0 Å². The third-order valence-electron chi connectivity index (χ3n) is 5.63.